The fourth-order valence-corrected chi connectivity index (χ4v) is 2.61. The summed E-state index contributed by atoms with van der Waals surface area (Å²) in [4.78, 5) is 25.2. The number of rotatable bonds is 2. The summed E-state index contributed by atoms with van der Waals surface area (Å²) >= 11 is 3.22. The molecule has 0 bridgehead atoms. The van der Waals surface area contributed by atoms with Crippen molar-refractivity contribution in [2.24, 2.45) is 5.92 Å². The molecule has 19 heavy (non-hydrogen) atoms. The van der Waals surface area contributed by atoms with E-state index in [1.807, 2.05) is 13.8 Å². The molecule has 1 unspecified atom stereocenters. The number of carbonyl (C=O) groups excluding carboxylic acids is 2. The average Bonchev–Trinajstić information content (AvgIpc) is 2.32. The predicted octanol–water partition coefficient (Wildman–Crippen LogP) is 2.08. The molecular formula is C13H14BrFN2O2. The summed E-state index contributed by atoms with van der Waals surface area (Å²) in [6.07, 6.45) is 0. The van der Waals surface area contributed by atoms with Crippen LogP contribution in [0.4, 0.5) is 10.1 Å². The van der Waals surface area contributed by atoms with Crippen molar-refractivity contribution < 1.29 is 14.0 Å². The number of carbonyl (C=O) groups is 2. The second kappa shape index (κ2) is 5.28. The largest absolute Gasteiger partial charge is 0.342 e. The minimum Gasteiger partial charge on any atom is -0.342 e. The van der Waals surface area contributed by atoms with Crippen LogP contribution >= 0.6 is 15.9 Å². The Morgan fingerprint density at radius 2 is 2.11 bits per heavy atom. The first-order valence-corrected chi connectivity index (χ1v) is 6.76. The molecule has 1 N–H and O–H groups in total. The summed E-state index contributed by atoms with van der Waals surface area (Å²) in [6.45, 7) is 3.51. The first kappa shape index (κ1) is 14.0. The number of nitrogens with zero attached hydrogens (tertiary/aromatic N) is 1. The summed E-state index contributed by atoms with van der Waals surface area (Å²) in [6, 6.07) is 3.83. The van der Waals surface area contributed by atoms with E-state index in [-0.39, 0.29) is 30.0 Å². The van der Waals surface area contributed by atoms with Crippen LogP contribution in [0.3, 0.4) is 0 Å². The van der Waals surface area contributed by atoms with E-state index in [1.165, 1.54) is 17.0 Å². The predicted molar refractivity (Wildman–Crippen MR) is 73.2 cm³/mol. The third-order valence-electron chi connectivity index (χ3n) is 3.02. The second-order valence-corrected chi connectivity index (χ2v) is 5.64. The van der Waals surface area contributed by atoms with Gasteiger partial charge in [0.1, 0.15) is 18.4 Å². The number of benzene rings is 1. The molecule has 1 heterocycles. The van der Waals surface area contributed by atoms with Crippen LogP contribution in [0.2, 0.25) is 0 Å². The van der Waals surface area contributed by atoms with Gasteiger partial charge < -0.3 is 5.32 Å². The molecule has 1 aromatic carbocycles. The molecule has 4 nitrogen and oxygen atoms in total. The van der Waals surface area contributed by atoms with Crippen LogP contribution < -0.4 is 10.2 Å². The molecule has 1 aliphatic rings. The Labute approximate surface area is 119 Å². The molecule has 0 saturated carbocycles. The quantitative estimate of drug-likeness (QED) is 0.903. The Morgan fingerprint density at radius 1 is 1.42 bits per heavy atom. The highest BCUT2D eigenvalue weighted by Gasteiger charge is 2.36. The van der Waals surface area contributed by atoms with E-state index >= 15 is 0 Å². The highest BCUT2D eigenvalue weighted by molar-refractivity contribution is 9.10. The number of hydrogen-bond acceptors (Lipinski definition) is 2. The van der Waals surface area contributed by atoms with Gasteiger partial charge in [-0.05, 0) is 34.0 Å². The lowest BCUT2D eigenvalue weighted by molar-refractivity contribution is -0.132. The van der Waals surface area contributed by atoms with Gasteiger partial charge in [-0.1, -0.05) is 19.9 Å². The van der Waals surface area contributed by atoms with E-state index in [0.29, 0.717) is 4.47 Å². The molecule has 0 aliphatic carbocycles. The lowest BCUT2D eigenvalue weighted by atomic mass is 10.0. The van der Waals surface area contributed by atoms with Gasteiger partial charge in [-0.15, -0.1) is 0 Å². The van der Waals surface area contributed by atoms with E-state index in [2.05, 4.69) is 21.2 Å². The zero-order chi connectivity index (χ0) is 14.2. The van der Waals surface area contributed by atoms with Gasteiger partial charge in [0.05, 0.1) is 5.69 Å². The minimum absolute atomic E-state index is 0.0511. The summed E-state index contributed by atoms with van der Waals surface area (Å²) < 4.78 is 14.4. The maximum absolute atomic E-state index is 13.9. The first-order valence-electron chi connectivity index (χ1n) is 5.96. The first-order chi connectivity index (χ1) is 8.91. The van der Waals surface area contributed by atoms with Crippen LogP contribution in [0.1, 0.15) is 13.8 Å². The van der Waals surface area contributed by atoms with Crippen LogP contribution in [0.25, 0.3) is 0 Å². The van der Waals surface area contributed by atoms with Crippen molar-refractivity contribution in [2.45, 2.75) is 19.9 Å². The van der Waals surface area contributed by atoms with E-state index in [9.17, 15) is 14.0 Å². The van der Waals surface area contributed by atoms with Gasteiger partial charge >= 0.3 is 0 Å². The van der Waals surface area contributed by atoms with Gasteiger partial charge in [-0.25, -0.2) is 4.39 Å². The molecule has 0 spiro atoms. The van der Waals surface area contributed by atoms with Crippen molar-refractivity contribution in [3.63, 3.8) is 0 Å². The molecule has 2 amide bonds. The van der Waals surface area contributed by atoms with Crippen LogP contribution in [-0.4, -0.2) is 24.4 Å². The Bertz CT molecular complexity index is 513. The highest BCUT2D eigenvalue weighted by Crippen LogP contribution is 2.31. The zero-order valence-electron chi connectivity index (χ0n) is 10.6. The Kier molecular flexibility index (Phi) is 3.89. The summed E-state index contributed by atoms with van der Waals surface area (Å²) in [5.74, 6) is -1.15. The Morgan fingerprint density at radius 3 is 2.68 bits per heavy atom. The number of piperazine rings is 1. The van der Waals surface area contributed by atoms with Gasteiger partial charge in [0, 0.05) is 4.47 Å². The Hall–Kier alpha value is -1.43. The van der Waals surface area contributed by atoms with Gasteiger partial charge in [-0.2, -0.15) is 0 Å². The van der Waals surface area contributed by atoms with Gasteiger partial charge in [-0.3, -0.25) is 14.5 Å². The number of halogens is 2. The summed E-state index contributed by atoms with van der Waals surface area (Å²) in [5, 5.41) is 2.64. The molecule has 0 aromatic heterocycles. The van der Waals surface area contributed by atoms with Crippen molar-refractivity contribution in [3.05, 3.63) is 28.5 Å². The van der Waals surface area contributed by atoms with E-state index in [4.69, 9.17) is 0 Å². The topological polar surface area (TPSA) is 49.4 Å². The SMILES string of the molecule is CC(C)C1NC(=O)CN(c2c(F)cccc2Br)C1=O. The van der Waals surface area contributed by atoms with Crippen molar-refractivity contribution in [2.75, 3.05) is 11.4 Å². The smallest absolute Gasteiger partial charge is 0.250 e. The third-order valence-corrected chi connectivity index (χ3v) is 3.66. The van der Waals surface area contributed by atoms with E-state index < -0.39 is 11.9 Å². The number of nitrogens with one attached hydrogen (secondary N) is 1. The molecule has 0 radical (unpaired) electrons. The third kappa shape index (κ3) is 2.63. The number of hydrogen-bond donors (Lipinski definition) is 1. The lowest BCUT2D eigenvalue weighted by Gasteiger charge is -2.34. The van der Waals surface area contributed by atoms with Crippen LogP contribution in [0.5, 0.6) is 0 Å². The fraction of sp³-hybridized carbons (Fsp3) is 0.385. The number of amides is 2. The van der Waals surface area contributed by atoms with Crippen molar-refractivity contribution in [3.8, 4) is 0 Å². The summed E-state index contributed by atoms with van der Waals surface area (Å²) in [7, 11) is 0. The lowest BCUT2D eigenvalue weighted by Crippen LogP contribution is -2.60. The molecule has 1 aromatic rings. The monoisotopic (exact) mass is 328 g/mol. The maximum Gasteiger partial charge on any atom is 0.250 e. The summed E-state index contributed by atoms with van der Waals surface area (Å²) in [5.41, 5.74) is 0.119. The Balaban J connectivity index is 2.43. The highest BCUT2D eigenvalue weighted by atomic mass is 79.9. The van der Waals surface area contributed by atoms with Crippen LogP contribution in [0.15, 0.2) is 22.7 Å². The molecule has 1 atom stereocenters. The van der Waals surface area contributed by atoms with Crippen molar-refractivity contribution in [1.29, 1.82) is 0 Å². The minimum atomic E-state index is -0.618. The normalized spacial score (nSPS) is 19.8. The fourth-order valence-electron chi connectivity index (χ4n) is 2.06. The van der Waals surface area contributed by atoms with Crippen LogP contribution in [-0.2, 0) is 9.59 Å². The van der Waals surface area contributed by atoms with Gasteiger partial charge in [0.15, 0.2) is 0 Å². The van der Waals surface area contributed by atoms with Crippen LogP contribution in [0, 0.1) is 11.7 Å². The van der Waals surface area contributed by atoms with Gasteiger partial charge in [0.2, 0.25) is 11.8 Å². The standard InChI is InChI=1S/C13H14BrFN2O2/c1-7(2)11-13(19)17(6-10(18)16-11)12-8(14)4-3-5-9(12)15/h3-5,7,11H,6H2,1-2H3,(H,16,18). The maximum atomic E-state index is 13.9. The number of para-hydroxylation sites is 1. The zero-order valence-corrected chi connectivity index (χ0v) is 12.2. The van der Waals surface area contributed by atoms with Crippen molar-refractivity contribution in [1.82, 2.24) is 5.32 Å². The molecule has 6 heteroatoms. The van der Waals surface area contributed by atoms with Gasteiger partial charge in [0.25, 0.3) is 0 Å². The molecule has 1 saturated heterocycles. The molecule has 1 aliphatic heterocycles. The molecule has 2 rings (SSSR count). The molecule has 1 fully saturated rings. The van der Waals surface area contributed by atoms with E-state index in [0.717, 1.165) is 0 Å². The van der Waals surface area contributed by atoms with E-state index in [1.54, 1.807) is 6.07 Å². The number of anilines is 1. The second-order valence-electron chi connectivity index (χ2n) is 4.78. The van der Waals surface area contributed by atoms with Crippen molar-refractivity contribution >= 4 is 33.4 Å². The molecule has 102 valence electrons. The molecular weight excluding hydrogens is 315 g/mol. The average molecular weight is 329 g/mol.